The fourth-order valence-corrected chi connectivity index (χ4v) is 4.49. The Balaban J connectivity index is 1.68. The number of amides is 1. The van der Waals surface area contributed by atoms with Crippen LogP contribution >= 0.6 is 0 Å². The Morgan fingerprint density at radius 2 is 1.86 bits per heavy atom. The number of benzene rings is 1. The molecule has 1 amide bonds. The van der Waals surface area contributed by atoms with E-state index in [1.54, 1.807) is 0 Å². The summed E-state index contributed by atoms with van der Waals surface area (Å²) >= 11 is 0. The Hall–Kier alpha value is -2.33. The number of nitrogens with zero attached hydrogens (tertiary/aromatic N) is 3. The largest absolute Gasteiger partial charge is 0.354 e. The molecule has 1 fully saturated rings. The van der Waals surface area contributed by atoms with Crippen LogP contribution in [0.5, 0.6) is 0 Å². The molecule has 1 saturated heterocycles. The lowest BCUT2D eigenvalue weighted by Crippen LogP contribution is -2.47. The first-order chi connectivity index (χ1) is 13.4. The molecule has 0 saturated carbocycles. The van der Waals surface area contributed by atoms with Crippen LogP contribution in [0.15, 0.2) is 42.7 Å². The van der Waals surface area contributed by atoms with E-state index in [9.17, 15) is 22.0 Å². The number of imidazole rings is 1. The van der Waals surface area contributed by atoms with Gasteiger partial charge in [0.05, 0.1) is 11.5 Å². The van der Waals surface area contributed by atoms with E-state index in [-0.39, 0.29) is 49.3 Å². The van der Waals surface area contributed by atoms with Crippen LogP contribution in [0.25, 0.3) is 0 Å². The fourth-order valence-electron chi connectivity index (χ4n) is 3.26. The molecule has 1 aromatic heterocycles. The van der Waals surface area contributed by atoms with Crippen LogP contribution in [0, 0.1) is 0 Å². The summed E-state index contributed by atoms with van der Waals surface area (Å²) in [4.78, 5) is 18.6. The smallest absolute Gasteiger partial charge is 0.319 e. The van der Waals surface area contributed by atoms with Gasteiger partial charge in [-0.25, -0.2) is 13.4 Å². The molecule has 10 heteroatoms. The number of carbonyl (C=O) groups is 1. The zero-order valence-electron chi connectivity index (χ0n) is 15.2. The van der Waals surface area contributed by atoms with Crippen molar-refractivity contribution >= 4 is 15.7 Å². The second-order valence-electron chi connectivity index (χ2n) is 6.57. The van der Waals surface area contributed by atoms with Crippen molar-refractivity contribution in [3.8, 4) is 0 Å². The third-order valence-electron chi connectivity index (χ3n) is 4.71. The number of nitrogens with one attached hydrogen (secondary N) is 1. The molecule has 1 atom stereocenters. The number of alkyl halides is 2. The Bertz CT molecular complexity index is 889. The van der Waals surface area contributed by atoms with Gasteiger partial charge in [0.2, 0.25) is 5.91 Å². The van der Waals surface area contributed by atoms with E-state index < -0.39 is 22.4 Å². The maximum Gasteiger partial charge on any atom is 0.319 e. The number of aromatic nitrogens is 2. The first-order valence-electron chi connectivity index (χ1n) is 8.94. The molecule has 3 rings (SSSR count). The summed E-state index contributed by atoms with van der Waals surface area (Å²) in [6, 6.07) is 8.47. The molecule has 1 aliphatic heterocycles. The molecule has 1 aromatic carbocycles. The van der Waals surface area contributed by atoms with Gasteiger partial charge < -0.3 is 5.32 Å². The Morgan fingerprint density at radius 1 is 1.18 bits per heavy atom. The molecule has 28 heavy (non-hydrogen) atoms. The lowest BCUT2D eigenvalue weighted by Gasteiger charge is -2.33. The van der Waals surface area contributed by atoms with Crippen LogP contribution in [0.4, 0.5) is 8.78 Å². The number of sulfone groups is 1. The number of rotatable bonds is 7. The topological polar surface area (TPSA) is 84.3 Å². The third-order valence-corrected chi connectivity index (χ3v) is 6.32. The van der Waals surface area contributed by atoms with Gasteiger partial charge in [0, 0.05) is 38.4 Å². The zero-order valence-corrected chi connectivity index (χ0v) is 16.0. The van der Waals surface area contributed by atoms with E-state index in [0.29, 0.717) is 0 Å². The summed E-state index contributed by atoms with van der Waals surface area (Å²) in [7, 11) is -3.07. The van der Waals surface area contributed by atoms with Crippen LogP contribution in [-0.4, -0.2) is 59.9 Å². The van der Waals surface area contributed by atoms with Crippen LogP contribution in [0.1, 0.15) is 24.0 Å². The molecular formula is C18H22F2N4O3S. The molecule has 1 unspecified atom stereocenters. The standard InChI is InChI=1S/C18H22F2N4O3S/c19-18(20)24-9-8-21-15(24)6-7-22-17(25)16(14-4-2-1-3-5-14)23-10-12-28(26,27)13-11-23/h1-5,8-9,16,18H,6-7,10-13H2,(H,22,25). The number of hydrogen-bond acceptors (Lipinski definition) is 5. The van der Waals surface area contributed by atoms with Crippen molar-refractivity contribution in [2.24, 2.45) is 0 Å². The maximum absolute atomic E-state index is 12.9. The second-order valence-corrected chi connectivity index (χ2v) is 8.87. The highest BCUT2D eigenvalue weighted by Gasteiger charge is 2.32. The van der Waals surface area contributed by atoms with Crippen molar-refractivity contribution in [1.29, 1.82) is 0 Å². The highest BCUT2D eigenvalue weighted by atomic mass is 32.2. The second kappa shape index (κ2) is 8.78. The lowest BCUT2D eigenvalue weighted by molar-refractivity contribution is -0.126. The molecule has 1 aliphatic rings. The van der Waals surface area contributed by atoms with E-state index >= 15 is 0 Å². The summed E-state index contributed by atoms with van der Waals surface area (Å²) in [5, 5.41) is 2.78. The first-order valence-corrected chi connectivity index (χ1v) is 10.8. The summed E-state index contributed by atoms with van der Waals surface area (Å²) in [6.45, 7) is -1.99. The van der Waals surface area contributed by atoms with Crippen LogP contribution < -0.4 is 5.32 Å². The quantitative estimate of drug-likeness (QED) is 0.743. The summed E-state index contributed by atoms with van der Waals surface area (Å²) in [5.41, 5.74) is 0.758. The minimum atomic E-state index is -3.07. The predicted molar refractivity (Wildman–Crippen MR) is 99.6 cm³/mol. The molecule has 1 N–H and O–H groups in total. The number of carbonyl (C=O) groups excluding carboxylic acids is 1. The summed E-state index contributed by atoms with van der Waals surface area (Å²) < 4.78 is 50.0. The van der Waals surface area contributed by atoms with Gasteiger partial charge in [-0.05, 0) is 5.56 Å². The van der Waals surface area contributed by atoms with Gasteiger partial charge in [-0.2, -0.15) is 8.78 Å². The molecule has 0 bridgehead atoms. The van der Waals surface area contributed by atoms with E-state index in [1.165, 1.54) is 12.4 Å². The number of hydrogen-bond donors (Lipinski definition) is 1. The fraction of sp³-hybridized carbons (Fsp3) is 0.444. The van der Waals surface area contributed by atoms with Crippen molar-refractivity contribution in [1.82, 2.24) is 19.8 Å². The molecule has 0 aliphatic carbocycles. The first kappa shape index (κ1) is 20.4. The molecule has 0 spiro atoms. The number of halogens is 2. The van der Waals surface area contributed by atoms with Gasteiger partial charge in [-0.3, -0.25) is 14.3 Å². The van der Waals surface area contributed by atoms with Crippen LogP contribution in [0.3, 0.4) is 0 Å². The van der Waals surface area contributed by atoms with Crippen molar-refractivity contribution in [3.05, 3.63) is 54.1 Å². The minimum absolute atomic E-state index is 0.00936. The monoisotopic (exact) mass is 412 g/mol. The van der Waals surface area contributed by atoms with Crippen LogP contribution in [0.2, 0.25) is 0 Å². The van der Waals surface area contributed by atoms with Gasteiger partial charge in [-0.15, -0.1) is 0 Å². The Labute approximate surface area is 162 Å². The van der Waals surface area contributed by atoms with Crippen molar-refractivity contribution in [2.75, 3.05) is 31.1 Å². The molecule has 152 valence electrons. The highest BCUT2D eigenvalue weighted by Crippen LogP contribution is 2.23. The van der Waals surface area contributed by atoms with Gasteiger partial charge in [0.25, 0.3) is 0 Å². The molecular weight excluding hydrogens is 390 g/mol. The van der Waals surface area contributed by atoms with Crippen molar-refractivity contribution in [2.45, 2.75) is 19.0 Å². The molecule has 2 heterocycles. The predicted octanol–water partition coefficient (Wildman–Crippen LogP) is 1.41. The van der Waals surface area contributed by atoms with Gasteiger partial charge in [0.1, 0.15) is 11.9 Å². The molecule has 2 aromatic rings. The van der Waals surface area contributed by atoms with Crippen molar-refractivity contribution in [3.63, 3.8) is 0 Å². The minimum Gasteiger partial charge on any atom is -0.354 e. The normalized spacial score (nSPS) is 18.1. The maximum atomic E-state index is 12.9. The Morgan fingerprint density at radius 3 is 2.50 bits per heavy atom. The zero-order chi connectivity index (χ0) is 20.1. The van der Waals surface area contributed by atoms with Gasteiger partial charge in [-0.1, -0.05) is 30.3 Å². The average Bonchev–Trinajstić information content (AvgIpc) is 3.13. The average molecular weight is 412 g/mol. The summed E-state index contributed by atoms with van der Waals surface area (Å²) in [6.07, 6.45) is 2.66. The lowest BCUT2D eigenvalue weighted by atomic mass is 10.0. The van der Waals surface area contributed by atoms with E-state index in [4.69, 9.17) is 0 Å². The van der Waals surface area contributed by atoms with E-state index in [2.05, 4.69) is 10.3 Å². The van der Waals surface area contributed by atoms with E-state index in [0.717, 1.165) is 10.1 Å². The molecule has 7 nitrogen and oxygen atoms in total. The van der Waals surface area contributed by atoms with Crippen molar-refractivity contribution < 1.29 is 22.0 Å². The van der Waals surface area contributed by atoms with E-state index in [1.807, 2.05) is 35.2 Å². The highest BCUT2D eigenvalue weighted by molar-refractivity contribution is 7.91. The Kier molecular flexibility index (Phi) is 6.40. The third kappa shape index (κ3) is 4.93. The van der Waals surface area contributed by atoms with Gasteiger partial charge in [0.15, 0.2) is 9.84 Å². The molecule has 0 radical (unpaired) electrons. The summed E-state index contributed by atoms with van der Waals surface area (Å²) in [5.74, 6) is -0.0819. The van der Waals surface area contributed by atoms with Crippen LogP contribution in [-0.2, 0) is 21.1 Å². The van der Waals surface area contributed by atoms with Gasteiger partial charge >= 0.3 is 6.55 Å². The SMILES string of the molecule is O=C(NCCc1nccn1C(F)F)C(c1ccccc1)N1CCS(=O)(=O)CC1.